The second-order valence-electron chi connectivity index (χ2n) is 2.80. The topological polar surface area (TPSA) is 50.1 Å². The van der Waals surface area contributed by atoms with Crippen LogP contribution >= 0.6 is 34.2 Å². The lowest BCUT2D eigenvalue weighted by atomic mass is 10.1. The number of methoxy groups -OCH3 is 1. The molecule has 0 aliphatic carbocycles. The van der Waals surface area contributed by atoms with Gasteiger partial charge in [0.1, 0.15) is 11.8 Å². The SMILES string of the molecule is COc1c(C(C)=O)cc(Cl)c(C#N)c1I. The summed E-state index contributed by atoms with van der Waals surface area (Å²) >= 11 is 7.81. The number of carbonyl (C=O) groups excluding carboxylic acids is 1. The highest BCUT2D eigenvalue weighted by molar-refractivity contribution is 14.1. The molecule has 1 rings (SSSR count). The summed E-state index contributed by atoms with van der Waals surface area (Å²) in [7, 11) is 1.46. The summed E-state index contributed by atoms with van der Waals surface area (Å²) in [5.41, 5.74) is 0.727. The van der Waals surface area contributed by atoms with Gasteiger partial charge in [0.05, 0.1) is 26.8 Å². The summed E-state index contributed by atoms with van der Waals surface area (Å²) in [5, 5.41) is 9.14. The number of nitriles is 1. The van der Waals surface area contributed by atoms with E-state index < -0.39 is 0 Å². The van der Waals surface area contributed by atoms with Crippen LogP contribution in [0.1, 0.15) is 22.8 Å². The highest BCUT2D eigenvalue weighted by atomic mass is 127. The zero-order chi connectivity index (χ0) is 11.6. The van der Waals surface area contributed by atoms with Crippen LogP contribution in [0.5, 0.6) is 5.75 Å². The number of halogens is 2. The second-order valence-corrected chi connectivity index (χ2v) is 4.28. The van der Waals surface area contributed by atoms with Crippen LogP contribution in [0.3, 0.4) is 0 Å². The molecule has 3 nitrogen and oxygen atoms in total. The van der Waals surface area contributed by atoms with Gasteiger partial charge in [-0.2, -0.15) is 5.26 Å². The monoisotopic (exact) mass is 335 g/mol. The van der Waals surface area contributed by atoms with E-state index in [1.54, 1.807) is 0 Å². The third-order valence-electron chi connectivity index (χ3n) is 1.87. The number of rotatable bonds is 2. The van der Waals surface area contributed by atoms with Crippen molar-refractivity contribution in [3.63, 3.8) is 0 Å². The fraction of sp³-hybridized carbons (Fsp3) is 0.200. The first-order valence-corrected chi connectivity index (χ1v) is 5.45. The summed E-state index contributed by atoms with van der Waals surface area (Å²) in [6.45, 7) is 1.43. The highest BCUT2D eigenvalue weighted by Crippen LogP contribution is 2.33. The van der Waals surface area contributed by atoms with Crippen molar-refractivity contribution in [2.24, 2.45) is 0 Å². The van der Waals surface area contributed by atoms with Crippen LogP contribution in [0, 0.1) is 14.9 Å². The summed E-state index contributed by atoms with van der Waals surface area (Å²) in [4.78, 5) is 11.3. The van der Waals surface area contributed by atoms with Gasteiger partial charge in [-0.25, -0.2) is 0 Å². The van der Waals surface area contributed by atoms with E-state index in [0.29, 0.717) is 20.4 Å². The molecular formula is C10H7ClINO2. The van der Waals surface area contributed by atoms with E-state index in [4.69, 9.17) is 21.6 Å². The van der Waals surface area contributed by atoms with Crippen molar-refractivity contribution in [2.45, 2.75) is 6.92 Å². The normalized spacial score (nSPS) is 9.53. The van der Waals surface area contributed by atoms with Crippen LogP contribution in [-0.4, -0.2) is 12.9 Å². The van der Waals surface area contributed by atoms with E-state index in [0.717, 1.165) is 0 Å². The molecule has 1 aromatic rings. The molecule has 78 valence electrons. The minimum Gasteiger partial charge on any atom is -0.495 e. The molecule has 1 aromatic carbocycles. The molecule has 0 unspecified atom stereocenters. The molecule has 0 saturated heterocycles. The molecule has 0 heterocycles. The molecule has 0 radical (unpaired) electrons. The summed E-state index contributed by atoms with van der Waals surface area (Å²) < 4.78 is 5.66. The highest BCUT2D eigenvalue weighted by Gasteiger charge is 2.18. The quantitative estimate of drug-likeness (QED) is 0.616. The standard InChI is InChI=1S/C10H7ClINO2/c1-5(14)6-3-8(11)7(4-13)9(12)10(6)15-2/h3H,1-2H3. The first-order valence-electron chi connectivity index (χ1n) is 4.00. The van der Waals surface area contributed by atoms with Crippen molar-refractivity contribution < 1.29 is 9.53 Å². The molecule has 0 bridgehead atoms. The molecule has 0 spiro atoms. The lowest BCUT2D eigenvalue weighted by molar-refractivity contribution is 0.101. The van der Waals surface area contributed by atoms with Crippen LogP contribution in [0.25, 0.3) is 0 Å². The number of ketones is 1. The Morgan fingerprint density at radius 2 is 2.27 bits per heavy atom. The number of hydrogen-bond acceptors (Lipinski definition) is 3. The van der Waals surface area contributed by atoms with Crippen molar-refractivity contribution >= 4 is 40.0 Å². The minimum absolute atomic E-state index is 0.142. The van der Waals surface area contributed by atoms with Gasteiger partial charge >= 0.3 is 0 Å². The van der Waals surface area contributed by atoms with Crippen LogP contribution in [0.4, 0.5) is 0 Å². The maximum atomic E-state index is 11.3. The maximum Gasteiger partial charge on any atom is 0.163 e. The van der Waals surface area contributed by atoms with Crippen molar-refractivity contribution in [2.75, 3.05) is 7.11 Å². The van der Waals surface area contributed by atoms with Crippen LogP contribution < -0.4 is 4.74 Å². The number of benzene rings is 1. The molecule has 0 saturated carbocycles. The van der Waals surface area contributed by atoms with Gasteiger partial charge in [0, 0.05) is 0 Å². The number of carbonyl (C=O) groups is 1. The number of ether oxygens (including phenoxy) is 1. The number of nitrogens with zero attached hydrogens (tertiary/aromatic N) is 1. The molecule has 0 aliphatic heterocycles. The molecule has 0 aliphatic rings. The lowest BCUT2D eigenvalue weighted by Crippen LogP contribution is -2.02. The predicted molar refractivity (Wildman–Crippen MR) is 65.4 cm³/mol. The van der Waals surface area contributed by atoms with Gasteiger partial charge in [0.2, 0.25) is 0 Å². The average Bonchev–Trinajstić information content (AvgIpc) is 2.17. The van der Waals surface area contributed by atoms with Crippen LogP contribution in [0.2, 0.25) is 5.02 Å². The first kappa shape index (κ1) is 12.3. The van der Waals surface area contributed by atoms with Crippen molar-refractivity contribution in [3.8, 4) is 11.8 Å². The van der Waals surface area contributed by atoms with E-state index in [1.165, 1.54) is 20.1 Å². The molecule has 15 heavy (non-hydrogen) atoms. The molecule has 5 heteroatoms. The predicted octanol–water partition coefficient (Wildman–Crippen LogP) is 3.03. The van der Waals surface area contributed by atoms with Gasteiger partial charge in [0.15, 0.2) is 5.78 Å². The van der Waals surface area contributed by atoms with Gasteiger partial charge < -0.3 is 4.74 Å². The van der Waals surface area contributed by atoms with Gasteiger partial charge in [-0.05, 0) is 35.6 Å². The zero-order valence-electron chi connectivity index (χ0n) is 8.10. The van der Waals surface area contributed by atoms with Crippen molar-refractivity contribution in [3.05, 3.63) is 25.8 Å². The van der Waals surface area contributed by atoms with Crippen LogP contribution in [-0.2, 0) is 0 Å². The van der Waals surface area contributed by atoms with E-state index in [1.807, 2.05) is 28.7 Å². The van der Waals surface area contributed by atoms with Crippen molar-refractivity contribution in [1.29, 1.82) is 5.26 Å². The third-order valence-corrected chi connectivity index (χ3v) is 3.20. The molecule has 0 amide bonds. The van der Waals surface area contributed by atoms with E-state index in [2.05, 4.69) is 0 Å². The third kappa shape index (κ3) is 2.24. The lowest BCUT2D eigenvalue weighted by Gasteiger charge is -2.10. The summed E-state index contributed by atoms with van der Waals surface area (Å²) in [5.74, 6) is 0.264. The first-order chi connectivity index (χ1) is 7.02. The Morgan fingerprint density at radius 1 is 1.67 bits per heavy atom. The number of Topliss-reactive ketones (excluding diaryl/α,β-unsaturated/α-hetero) is 1. The van der Waals surface area contributed by atoms with E-state index >= 15 is 0 Å². The van der Waals surface area contributed by atoms with Gasteiger partial charge in [0.25, 0.3) is 0 Å². The molecule has 0 N–H and O–H groups in total. The molecule has 0 atom stereocenters. The van der Waals surface area contributed by atoms with Crippen molar-refractivity contribution in [1.82, 2.24) is 0 Å². The minimum atomic E-state index is -0.142. The van der Waals surface area contributed by atoms with Gasteiger partial charge in [-0.3, -0.25) is 4.79 Å². The Balaban J connectivity index is 3.60. The van der Waals surface area contributed by atoms with Gasteiger partial charge in [-0.15, -0.1) is 0 Å². The Hall–Kier alpha value is -0.800. The Bertz CT molecular complexity index is 465. The van der Waals surface area contributed by atoms with E-state index in [9.17, 15) is 4.79 Å². The largest absolute Gasteiger partial charge is 0.495 e. The number of hydrogen-bond donors (Lipinski definition) is 0. The fourth-order valence-corrected chi connectivity index (χ4v) is 2.49. The Labute approximate surface area is 106 Å². The fourth-order valence-electron chi connectivity index (χ4n) is 1.16. The van der Waals surface area contributed by atoms with E-state index in [-0.39, 0.29) is 10.8 Å². The summed E-state index contributed by atoms with van der Waals surface area (Å²) in [6, 6.07) is 3.44. The Morgan fingerprint density at radius 3 is 2.67 bits per heavy atom. The second kappa shape index (κ2) is 4.81. The average molecular weight is 336 g/mol. The summed E-state index contributed by atoms with van der Waals surface area (Å²) in [6.07, 6.45) is 0. The Kier molecular flexibility index (Phi) is 3.94. The smallest absolute Gasteiger partial charge is 0.163 e. The molecule has 0 aromatic heterocycles. The van der Waals surface area contributed by atoms with Gasteiger partial charge in [-0.1, -0.05) is 11.6 Å². The maximum absolute atomic E-state index is 11.3. The van der Waals surface area contributed by atoms with Crippen LogP contribution in [0.15, 0.2) is 6.07 Å². The molecule has 0 fully saturated rings. The zero-order valence-corrected chi connectivity index (χ0v) is 11.0. The molecular weight excluding hydrogens is 328 g/mol.